The lowest BCUT2D eigenvalue weighted by molar-refractivity contribution is 0.0924. The van der Waals surface area contributed by atoms with Crippen molar-refractivity contribution in [2.45, 2.75) is 13.0 Å². The molecule has 1 amide bonds. The number of carbonyl (C=O) groups is 1. The van der Waals surface area contributed by atoms with E-state index in [1.54, 1.807) is 6.92 Å². The summed E-state index contributed by atoms with van der Waals surface area (Å²) in [5.41, 5.74) is 6.34. The van der Waals surface area contributed by atoms with Gasteiger partial charge in [-0.05, 0) is 13.0 Å². The maximum absolute atomic E-state index is 11.8. The third-order valence-electron chi connectivity index (χ3n) is 2.36. The fourth-order valence-electron chi connectivity index (χ4n) is 1.43. The van der Waals surface area contributed by atoms with E-state index in [1.807, 2.05) is 0 Å². The van der Waals surface area contributed by atoms with Crippen LogP contribution in [0.3, 0.4) is 0 Å². The molecule has 0 radical (unpaired) electrons. The number of hydrogen-bond acceptors (Lipinski definition) is 5. The van der Waals surface area contributed by atoms with Gasteiger partial charge in [0, 0.05) is 18.3 Å². The summed E-state index contributed by atoms with van der Waals surface area (Å²) in [6.45, 7) is 1.74. The molecule has 0 aliphatic heterocycles. The molecule has 100 valence electrons. The first-order valence-electron chi connectivity index (χ1n) is 5.47. The van der Waals surface area contributed by atoms with E-state index in [2.05, 4.69) is 5.32 Å². The molecule has 1 rings (SSSR count). The van der Waals surface area contributed by atoms with E-state index in [0.29, 0.717) is 11.5 Å². The second-order valence-electron chi connectivity index (χ2n) is 3.85. The highest BCUT2D eigenvalue weighted by molar-refractivity contribution is 6.00. The van der Waals surface area contributed by atoms with Gasteiger partial charge in [-0.1, -0.05) is 0 Å². The second kappa shape index (κ2) is 6.11. The third kappa shape index (κ3) is 3.27. The Morgan fingerprint density at radius 3 is 2.44 bits per heavy atom. The Labute approximate surface area is 106 Å². The van der Waals surface area contributed by atoms with Crippen molar-refractivity contribution in [3.05, 3.63) is 17.7 Å². The molecule has 1 atom stereocenters. The Morgan fingerprint density at radius 2 is 1.94 bits per heavy atom. The quantitative estimate of drug-likeness (QED) is 0.661. The Hall–Kier alpha value is -1.95. The molecule has 0 heterocycles. The average Bonchev–Trinajstić information content (AvgIpc) is 2.35. The van der Waals surface area contributed by atoms with Crippen LogP contribution in [-0.4, -0.2) is 37.9 Å². The summed E-state index contributed by atoms with van der Waals surface area (Å²) < 4.78 is 10.2. The summed E-state index contributed by atoms with van der Waals surface area (Å²) in [5, 5.41) is 11.7. The van der Waals surface area contributed by atoms with Gasteiger partial charge in [-0.3, -0.25) is 4.79 Å². The number of hydrogen-bond donors (Lipinski definition) is 3. The van der Waals surface area contributed by atoms with E-state index in [9.17, 15) is 4.79 Å². The van der Waals surface area contributed by atoms with Gasteiger partial charge in [-0.25, -0.2) is 0 Å². The molecule has 6 nitrogen and oxygen atoms in total. The van der Waals surface area contributed by atoms with Gasteiger partial charge < -0.3 is 25.6 Å². The molecule has 0 unspecified atom stereocenters. The number of aliphatic hydroxyl groups excluding tert-OH is 1. The largest absolute Gasteiger partial charge is 0.493 e. The monoisotopic (exact) mass is 254 g/mol. The molecule has 6 heteroatoms. The van der Waals surface area contributed by atoms with Crippen molar-refractivity contribution in [3.8, 4) is 11.5 Å². The van der Waals surface area contributed by atoms with Crippen LogP contribution in [0.5, 0.6) is 11.5 Å². The van der Waals surface area contributed by atoms with Crippen molar-refractivity contribution in [3.63, 3.8) is 0 Å². The van der Waals surface area contributed by atoms with Crippen molar-refractivity contribution >= 4 is 11.6 Å². The minimum absolute atomic E-state index is 0.159. The van der Waals surface area contributed by atoms with Crippen LogP contribution in [0.1, 0.15) is 17.3 Å². The Kier molecular flexibility index (Phi) is 4.79. The van der Waals surface area contributed by atoms with E-state index < -0.39 is 6.10 Å². The number of rotatable bonds is 5. The number of nitrogen functional groups attached to an aromatic ring is 1. The molecular formula is C12H18N2O4. The Morgan fingerprint density at radius 1 is 1.39 bits per heavy atom. The number of nitrogens with one attached hydrogen (secondary N) is 1. The maximum atomic E-state index is 11.8. The summed E-state index contributed by atoms with van der Waals surface area (Å²) >= 11 is 0. The van der Waals surface area contributed by atoms with Crippen LogP contribution in [0.2, 0.25) is 0 Å². The minimum Gasteiger partial charge on any atom is -0.493 e. The van der Waals surface area contributed by atoms with Gasteiger partial charge in [-0.2, -0.15) is 0 Å². The lowest BCUT2D eigenvalue weighted by atomic mass is 10.1. The lowest BCUT2D eigenvalue weighted by Gasteiger charge is -2.13. The van der Waals surface area contributed by atoms with Gasteiger partial charge in [-0.15, -0.1) is 0 Å². The average molecular weight is 254 g/mol. The maximum Gasteiger partial charge on any atom is 0.253 e. The van der Waals surface area contributed by atoms with Crippen molar-refractivity contribution in [2.24, 2.45) is 0 Å². The van der Waals surface area contributed by atoms with Crippen LogP contribution < -0.4 is 20.5 Å². The number of aliphatic hydroxyl groups is 1. The molecule has 0 saturated carbocycles. The number of amides is 1. The predicted octanol–water partition coefficient (Wildman–Crippen LogP) is 0.397. The van der Waals surface area contributed by atoms with Gasteiger partial charge in [0.15, 0.2) is 11.5 Å². The highest BCUT2D eigenvalue weighted by Crippen LogP contribution is 2.31. The van der Waals surface area contributed by atoms with Crippen LogP contribution in [0.25, 0.3) is 0 Å². The number of ether oxygens (including phenoxy) is 2. The van der Waals surface area contributed by atoms with Crippen LogP contribution >= 0.6 is 0 Å². The van der Waals surface area contributed by atoms with E-state index in [-0.39, 0.29) is 23.7 Å². The fourth-order valence-corrected chi connectivity index (χ4v) is 1.43. The van der Waals surface area contributed by atoms with Crippen molar-refractivity contribution < 1.29 is 19.4 Å². The summed E-state index contributed by atoms with van der Waals surface area (Å²) in [6.07, 6.45) is -0.615. The highest BCUT2D eigenvalue weighted by Gasteiger charge is 2.15. The molecule has 0 aliphatic carbocycles. The van der Waals surface area contributed by atoms with Crippen molar-refractivity contribution in [1.29, 1.82) is 0 Å². The van der Waals surface area contributed by atoms with E-state index >= 15 is 0 Å². The van der Waals surface area contributed by atoms with E-state index in [4.69, 9.17) is 20.3 Å². The molecule has 0 fully saturated rings. The van der Waals surface area contributed by atoms with Gasteiger partial charge in [0.1, 0.15) is 0 Å². The SMILES string of the molecule is COc1cc(N)c(C(=O)NC[C@@H](C)O)cc1OC. The van der Waals surface area contributed by atoms with Crippen LogP contribution in [0, 0.1) is 0 Å². The predicted molar refractivity (Wildman–Crippen MR) is 68.0 cm³/mol. The Bertz CT molecular complexity index is 432. The van der Waals surface area contributed by atoms with Gasteiger partial charge >= 0.3 is 0 Å². The lowest BCUT2D eigenvalue weighted by Crippen LogP contribution is -2.31. The first kappa shape index (κ1) is 14.1. The molecule has 0 spiro atoms. The zero-order valence-corrected chi connectivity index (χ0v) is 10.7. The highest BCUT2D eigenvalue weighted by atomic mass is 16.5. The van der Waals surface area contributed by atoms with Gasteiger partial charge in [0.05, 0.1) is 25.9 Å². The summed E-state index contributed by atoms with van der Waals surface area (Å²) in [6, 6.07) is 3.03. The van der Waals surface area contributed by atoms with E-state index in [0.717, 1.165) is 0 Å². The second-order valence-corrected chi connectivity index (χ2v) is 3.85. The normalized spacial score (nSPS) is 11.8. The van der Waals surface area contributed by atoms with Crippen LogP contribution in [0.4, 0.5) is 5.69 Å². The number of methoxy groups -OCH3 is 2. The standard InChI is InChI=1S/C12H18N2O4/c1-7(15)6-14-12(16)8-4-10(17-2)11(18-3)5-9(8)13/h4-5,7,15H,6,13H2,1-3H3,(H,14,16)/t7-/m1/s1. The first-order valence-corrected chi connectivity index (χ1v) is 5.47. The molecule has 0 aromatic heterocycles. The topological polar surface area (TPSA) is 93.8 Å². The molecule has 1 aromatic carbocycles. The van der Waals surface area contributed by atoms with Crippen molar-refractivity contribution in [1.82, 2.24) is 5.32 Å². The zero-order chi connectivity index (χ0) is 13.7. The molecule has 0 bridgehead atoms. The van der Waals surface area contributed by atoms with Crippen LogP contribution in [-0.2, 0) is 0 Å². The number of benzene rings is 1. The number of carbonyl (C=O) groups excluding carboxylic acids is 1. The minimum atomic E-state index is -0.615. The fraction of sp³-hybridized carbons (Fsp3) is 0.417. The molecule has 0 aliphatic rings. The summed E-state index contributed by atoms with van der Waals surface area (Å²) in [7, 11) is 2.97. The van der Waals surface area contributed by atoms with Gasteiger partial charge in [0.2, 0.25) is 0 Å². The van der Waals surface area contributed by atoms with Crippen LogP contribution in [0.15, 0.2) is 12.1 Å². The smallest absolute Gasteiger partial charge is 0.253 e. The summed E-state index contributed by atoms with van der Waals surface area (Å²) in [4.78, 5) is 11.8. The van der Waals surface area contributed by atoms with E-state index in [1.165, 1.54) is 26.4 Å². The Balaban J connectivity index is 2.98. The first-order chi connectivity index (χ1) is 8.49. The third-order valence-corrected chi connectivity index (χ3v) is 2.36. The van der Waals surface area contributed by atoms with Gasteiger partial charge in [0.25, 0.3) is 5.91 Å². The molecule has 4 N–H and O–H groups in total. The van der Waals surface area contributed by atoms with Crippen molar-refractivity contribution in [2.75, 3.05) is 26.5 Å². The molecule has 18 heavy (non-hydrogen) atoms. The molecular weight excluding hydrogens is 236 g/mol. The number of anilines is 1. The number of nitrogens with two attached hydrogens (primary N) is 1. The zero-order valence-electron chi connectivity index (χ0n) is 10.7. The molecule has 1 aromatic rings. The molecule has 0 saturated heterocycles. The summed E-state index contributed by atoms with van der Waals surface area (Å²) in [5.74, 6) is 0.519.